The molecule has 1 amide bonds. The second-order valence-electron chi connectivity index (χ2n) is 3.74. The van der Waals surface area contributed by atoms with Crippen LogP contribution in [-0.4, -0.2) is 15.7 Å². The number of nitrogens with zero attached hydrogens (tertiary/aromatic N) is 2. The van der Waals surface area contributed by atoms with Crippen molar-refractivity contribution in [3.8, 4) is 0 Å². The number of amides is 1. The first-order chi connectivity index (χ1) is 6.45. The van der Waals surface area contributed by atoms with Gasteiger partial charge in [-0.3, -0.25) is 4.79 Å². The van der Waals surface area contributed by atoms with Gasteiger partial charge in [0.2, 0.25) is 0 Å². The van der Waals surface area contributed by atoms with E-state index >= 15 is 0 Å². The van der Waals surface area contributed by atoms with E-state index in [0.29, 0.717) is 11.7 Å². The molecule has 14 heavy (non-hydrogen) atoms. The fraction of sp³-hybridized carbons (Fsp3) is 0.556. The molecule has 1 unspecified atom stereocenters. The van der Waals surface area contributed by atoms with Crippen LogP contribution >= 0.6 is 0 Å². The van der Waals surface area contributed by atoms with Crippen LogP contribution < -0.4 is 11.5 Å². The molecular formula is C9H16N4O. The Kier molecular flexibility index (Phi) is 2.78. The van der Waals surface area contributed by atoms with Crippen molar-refractivity contribution in [3.63, 3.8) is 0 Å². The second-order valence-corrected chi connectivity index (χ2v) is 3.74. The number of aromatic nitrogens is 2. The Labute approximate surface area is 83.1 Å². The summed E-state index contributed by atoms with van der Waals surface area (Å²) < 4.78 is 1.63. The van der Waals surface area contributed by atoms with Crippen molar-refractivity contribution in [3.05, 3.63) is 11.8 Å². The van der Waals surface area contributed by atoms with Gasteiger partial charge >= 0.3 is 0 Å². The van der Waals surface area contributed by atoms with E-state index in [1.165, 1.54) is 6.20 Å². The lowest BCUT2D eigenvalue weighted by Crippen LogP contribution is -2.17. The summed E-state index contributed by atoms with van der Waals surface area (Å²) in [5, 5.41) is 4.05. The quantitative estimate of drug-likeness (QED) is 0.748. The van der Waals surface area contributed by atoms with Gasteiger partial charge in [0.15, 0.2) is 0 Å². The van der Waals surface area contributed by atoms with E-state index in [1.54, 1.807) is 4.68 Å². The average Bonchev–Trinajstić information content (AvgIpc) is 2.45. The molecule has 0 aliphatic carbocycles. The second kappa shape index (κ2) is 3.69. The molecule has 0 radical (unpaired) electrons. The van der Waals surface area contributed by atoms with E-state index in [9.17, 15) is 4.79 Å². The molecule has 0 fully saturated rings. The van der Waals surface area contributed by atoms with Gasteiger partial charge < -0.3 is 11.5 Å². The van der Waals surface area contributed by atoms with E-state index < -0.39 is 5.91 Å². The van der Waals surface area contributed by atoms with E-state index in [2.05, 4.69) is 18.9 Å². The molecule has 0 aliphatic rings. The average molecular weight is 196 g/mol. The van der Waals surface area contributed by atoms with Crippen LogP contribution in [0.5, 0.6) is 0 Å². The topological polar surface area (TPSA) is 86.9 Å². The Hall–Kier alpha value is -1.52. The Bertz CT molecular complexity index is 343. The molecule has 1 rings (SSSR count). The van der Waals surface area contributed by atoms with Crippen LogP contribution in [0.3, 0.4) is 0 Å². The van der Waals surface area contributed by atoms with Crippen molar-refractivity contribution in [2.24, 2.45) is 11.7 Å². The summed E-state index contributed by atoms with van der Waals surface area (Å²) in [5.41, 5.74) is 11.2. The van der Waals surface area contributed by atoms with Crippen molar-refractivity contribution in [1.82, 2.24) is 9.78 Å². The zero-order valence-corrected chi connectivity index (χ0v) is 8.69. The zero-order valence-electron chi connectivity index (χ0n) is 8.69. The summed E-state index contributed by atoms with van der Waals surface area (Å²) in [6.07, 6.45) is 1.41. The van der Waals surface area contributed by atoms with E-state index in [1.807, 2.05) is 6.92 Å². The molecule has 4 N–H and O–H groups in total. The minimum Gasteiger partial charge on any atom is -0.383 e. The van der Waals surface area contributed by atoms with Crippen LogP contribution in [-0.2, 0) is 0 Å². The highest BCUT2D eigenvalue weighted by molar-refractivity contribution is 5.96. The fourth-order valence-corrected chi connectivity index (χ4v) is 1.17. The smallest absolute Gasteiger partial charge is 0.254 e. The first-order valence-electron chi connectivity index (χ1n) is 4.58. The van der Waals surface area contributed by atoms with Crippen LogP contribution in [0, 0.1) is 5.92 Å². The number of hydrogen-bond acceptors (Lipinski definition) is 3. The van der Waals surface area contributed by atoms with E-state index in [-0.39, 0.29) is 11.6 Å². The summed E-state index contributed by atoms with van der Waals surface area (Å²) in [7, 11) is 0. The van der Waals surface area contributed by atoms with Gasteiger partial charge in [0, 0.05) is 0 Å². The van der Waals surface area contributed by atoms with Crippen LogP contribution in [0.2, 0.25) is 0 Å². The number of hydrogen-bond donors (Lipinski definition) is 2. The molecular weight excluding hydrogens is 180 g/mol. The third-order valence-electron chi connectivity index (χ3n) is 2.45. The lowest BCUT2D eigenvalue weighted by atomic mass is 10.1. The highest BCUT2D eigenvalue weighted by atomic mass is 16.1. The van der Waals surface area contributed by atoms with Crippen LogP contribution in [0.1, 0.15) is 37.2 Å². The highest BCUT2D eigenvalue weighted by Crippen LogP contribution is 2.21. The molecule has 78 valence electrons. The van der Waals surface area contributed by atoms with Crippen molar-refractivity contribution >= 4 is 11.7 Å². The molecule has 0 saturated heterocycles. The Balaban J connectivity index is 3.06. The van der Waals surface area contributed by atoms with E-state index in [4.69, 9.17) is 11.5 Å². The lowest BCUT2D eigenvalue weighted by molar-refractivity contribution is 0.100. The summed E-state index contributed by atoms with van der Waals surface area (Å²) >= 11 is 0. The fourth-order valence-electron chi connectivity index (χ4n) is 1.17. The molecule has 1 aromatic rings. The van der Waals surface area contributed by atoms with Crippen molar-refractivity contribution in [2.45, 2.75) is 26.8 Å². The predicted octanol–water partition coefficient (Wildman–Crippen LogP) is 0.781. The number of anilines is 1. The Morgan fingerprint density at radius 2 is 2.07 bits per heavy atom. The molecule has 5 heteroatoms. The zero-order chi connectivity index (χ0) is 10.9. The summed E-state index contributed by atoms with van der Waals surface area (Å²) in [6.45, 7) is 6.13. The molecule has 1 atom stereocenters. The van der Waals surface area contributed by atoms with E-state index in [0.717, 1.165) is 0 Å². The Morgan fingerprint density at radius 3 is 2.43 bits per heavy atom. The third kappa shape index (κ3) is 1.71. The standard InChI is InChI=1S/C9H16N4O/c1-5(2)6(3)13-8(10)7(4-12-13)9(11)14/h4-6H,10H2,1-3H3,(H2,11,14). The number of nitrogen functional groups attached to an aromatic ring is 1. The monoisotopic (exact) mass is 196 g/mol. The van der Waals surface area contributed by atoms with Gasteiger partial charge in [-0.05, 0) is 12.8 Å². The maximum Gasteiger partial charge on any atom is 0.254 e. The number of nitrogens with two attached hydrogens (primary N) is 2. The van der Waals surface area contributed by atoms with Gasteiger partial charge in [-0.2, -0.15) is 5.10 Å². The molecule has 5 nitrogen and oxygen atoms in total. The first kappa shape index (κ1) is 10.6. The number of primary amides is 1. The largest absolute Gasteiger partial charge is 0.383 e. The maximum absolute atomic E-state index is 10.9. The van der Waals surface area contributed by atoms with Gasteiger partial charge in [0.25, 0.3) is 5.91 Å². The van der Waals surface area contributed by atoms with Gasteiger partial charge in [-0.25, -0.2) is 4.68 Å². The normalized spacial score (nSPS) is 13.1. The molecule has 0 aromatic carbocycles. The molecule has 0 bridgehead atoms. The van der Waals surface area contributed by atoms with Gasteiger partial charge in [-0.15, -0.1) is 0 Å². The predicted molar refractivity (Wildman–Crippen MR) is 54.7 cm³/mol. The molecule has 1 heterocycles. The van der Waals surface area contributed by atoms with Crippen LogP contribution in [0.15, 0.2) is 6.20 Å². The molecule has 0 aliphatic heterocycles. The first-order valence-corrected chi connectivity index (χ1v) is 4.58. The third-order valence-corrected chi connectivity index (χ3v) is 2.45. The Morgan fingerprint density at radius 1 is 1.50 bits per heavy atom. The number of rotatable bonds is 3. The highest BCUT2D eigenvalue weighted by Gasteiger charge is 2.17. The van der Waals surface area contributed by atoms with Crippen LogP contribution in [0.25, 0.3) is 0 Å². The molecule has 0 spiro atoms. The summed E-state index contributed by atoms with van der Waals surface area (Å²) in [4.78, 5) is 10.9. The molecule has 0 saturated carbocycles. The minimum atomic E-state index is -0.537. The summed E-state index contributed by atoms with van der Waals surface area (Å²) in [6, 6.07) is 0.156. The maximum atomic E-state index is 10.9. The van der Waals surface area contributed by atoms with Crippen LogP contribution in [0.4, 0.5) is 5.82 Å². The van der Waals surface area contributed by atoms with Crippen molar-refractivity contribution in [1.29, 1.82) is 0 Å². The van der Waals surface area contributed by atoms with Gasteiger partial charge in [-0.1, -0.05) is 13.8 Å². The van der Waals surface area contributed by atoms with Gasteiger partial charge in [0.1, 0.15) is 11.4 Å². The van der Waals surface area contributed by atoms with Crippen molar-refractivity contribution in [2.75, 3.05) is 5.73 Å². The molecule has 1 aromatic heterocycles. The lowest BCUT2D eigenvalue weighted by Gasteiger charge is -2.17. The number of carbonyl (C=O) groups excluding carboxylic acids is 1. The minimum absolute atomic E-state index is 0.156. The van der Waals surface area contributed by atoms with Gasteiger partial charge in [0.05, 0.1) is 12.2 Å². The SMILES string of the molecule is CC(C)C(C)n1ncc(C(N)=O)c1N. The van der Waals surface area contributed by atoms with Crippen molar-refractivity contribution < 1.29 is 4.79 Å². The summed E-state index contributed by atoms with van der Waals surface area (Å²) in [5.74, 6) is 0.210. The number of carbonyl (C=O) groups is 1.